The topological polar surface area (TPSA) is 86.1 Å². The zero-order valence-electron chi connectivity index (χ0n) is 17.4. The molecule has 2 aromatic heterocycles. The van der Waals surface area contributed by atoms with Crippen LogP contribution in [-0.2, 0) is 16.6 Å². The van der Waals surface area contributed by atoms with Gasteiger partial charge in [-0.1, -0.05) is 31.0 Å². The van der Waals surface area contributed by atoms with Gasteiger partial charge in [0, 0.05) is 17.8 Å². The van der Waals surface area contributed by atoms with Crippen molar-refractivity contribution in [2.24, 2.45) is 7.05 Å². The number of ether oxygens (including phenoxy) is 1. The molecule has 1 aliphatic rings. The average Bonchev–Trinajstić information content (AvgIpc) is 3.20. The van der Waals surface area contributed by atoms with E-state index in [-0.39, 0.29) is 11.7 Å². The van der Waals surface area contributed by atoms with Crippen LogP contribution >= 0.6 is 23.1 Å². The van der Waals surface area contributed by atoms with E-state index >= 15 is 0 Å². The molecule has 1 saturated carbocycles. The van der Waals surface area contributed by atoms with Crippen LogP contribution in [0.3, 0.4) is 0 Å². The average molecular weight is 437 g/mol. The number of aryl methyl sites for hydroxylation is 1. The molecule has 29 heavy (non-hydrogen) atoms. The van der Waals surface area contributed by atoms with Crippen molar-refractivity contribution in [1.82, 2.24) is 14.8 Å². The highest BCUT2D eigenvalue weighted by Gasteiger charge is 2.24. The maximum Gasteiger partial charge on any atom is 0.341 e. The largest absolute Gasteiger partial charge is 0.462 e. The number of carbonyl (C=O) groups is 2. The van der Waals surface area contributed by atoms with Gasteiger partial charge < -0.3 is 14.6 Å². The Bertz CT molecular complexity index is 885. The smallest absolute Gasteiger partial charge is 0.341 e. The Labute approximate surface area is 179 Å². The van der Waals surface area contributed by atoms with Crippen molar-refractivity contribution in [1.29, 1.82) is 0 Å². The molecule has 0 aliphatic heterocycles. The Balaban J connectivity index is 1.63. The van der Waals surface area contributed by atoms with Crippen LogP contribution in [0.25, 0.3) is 0 Å². The fraction of sp³-hybridized carbons (Fsp3) is 0.600. The fourth-order valence-corrected chi connectivity index (χ4v) is 5.41. The van der Waals surface area contributed by atoms with Gasteiger partial charge in [0.2, 0.25) is 5.91 Å². The lowest BCUT2D eigenvalue weighted by atomic mass is 9.89. The molecule has 0 radical (unpaired) electrons. The minimum atomic E-state index is -0.400. The number of esters is 1. The van der Waals surface area contributed by atoms with Gasteiger partial charge in [0.25, 0.3) is 0 Å². The Morgan fingerprint density at radius 1 is 1.24 bits per heavy atom. The molecule has 0 spiro atoms. The van der Waals surface area contributed by atoms with Crippen molar-refractivity contribution in [3.63, 3.8) is 0 Å². The predicted molar refractivity (Wildman–Crippen MR) is 116 cm³/mol. The molecule has 7 nitrogen and oxygen atoms in total. The van der Waals surface area contributed by atoms with Gasteiger partial charge in [-0.25, -0.2) is 4.79 Å². The van der Waals surface area contributed by atoms with Crippen molar-refractivity contribution in [3.8, 4) is 0 Å². The van der Waals surface area contributed by atoms with Crippen LogP contribution in [0.4, 0.5) is 5.00 Å². The summed E-state index contributed by atoms with van der Waals surface area (Å²) < 4.78 is 7.15. The van der Waals surface area contributed by atoms with Crippen molar-refractivity contribution < 1.29 is 14.3 Å². The maximum absolute atomic E-state index is 12.5. The van der Waals surface area contributed by atoms with E-state index in [0.717, 1.165) is 34.3 Å². The standard InChI is InChI=1S/C20H28N4O3S2/c1-5-27-19(26)16-12(2)13(3)29-18(16)21-15(25)11-28-20-23-22-17(24(20)4)14-9-7-6-8-10-14/h14H,5-11H2,1-4H3,(H,21,25). The minimum Gasteiger partial charge on any atom is -0.462 e. The third kappa shape index (κ3) is 5.01. The predicted octanol–water partition coefficient (Wildman–Crippen LogP) is 4.45. The summed E-state index contributed by atoms with van der Waals surface area (Å²) in [4.78, 5) is 25.8. The monoisotopic (exact) mass is 436 g/mol. The van der Waals surface area contributed by atoms with Crippen molar-refractivity contribution in [2.75, 3.05) is 17.7 Å². The summed E-state index contributed by atoms with van der Waals surface area (Å²) >= 11 is 2.76. The molecule has 0 aromatic carbocycles. The lowest BCUT2D eigenvalue weighted by Crippen LogP contribution is -2.17. The van der Waals surface area contributed by atoms with Crippen LogP contribution in [0.2, 0.25) is 0 Å². The highest BCUT2D eigenvalue weighted by molar-refractivity contribution is 7.99. The van der Waals surface area contributed by atoms with Gasteiger partial charge in [-0.3, -0.25) is 4.79 Å². The number of thioether (sulfide) groups is 1. The van der Waals surface area contributed by atoms with Gasteiger partial charge in [0.15, 0.2) is 5.16 Å². The number of carbonyl (C=O) groups excluding carboxylic acids is 2. The Morgan fingerprint density at radius 3 is 2.66 bits per heavy atom. The van der Waals surface area contributed by atoms with Gasteiger partial charge in [-0.2, -0.15) is 0 Å². The fourth-order valence-electron chi connectivity index (χ4n) is 3.63. The van der Waals surface area contributed by atoms with Crippen molar-refractivity contribution >= 4 is 40.0 Å². The first kappa shape index (κ1) is 21.8. The number of nitrogens with zero attached hydrogens (tertiary/aromatic N) is 3. The summed E-state index contributed by atoms with van der Waals surface area (Å²) in [6.07, 6.45) is 6.09. The Hall–Kier alpha value is -1.87. The second-order valence-corrected chi connectivity index (χ2v) is 9.45. The molecule has 1 aliphatic carbocycles. The molecular formula is C20H28N4O3S2. The normalized spacial score (nSPS) is 14.8. The lowest BCUT2D eigenvalue weighted by molar-refractivity contribution is -0.113. The van der Waals surface area contributed by atoms with E-state index in [9.17, 15) is 9.59 Å². The van der Waals surface area contributed by atoms with Crippen LogP contribution in [0.1, 0.15) is 71.6 Å². The van der Waals surface area contributed by atoms with E-state index in [1.54, 1.807) is 6.92 Å². The van der Waals surface area contributed by atoms with Crippen molar-refractivity contribution in [2.45, 2.75) is 63.9 Å². The van der Waals surface area contributed by atoms with Gasteiger partial charge in [-0.05, 0) is 39.2 Å². The van der Waals surface area contributed by atoms with Crippen LogP contribution in [0.15, 0.2) is 5.16 Å². The molecular weight excluding hydrogens is 408 g/mol. The number of hydrogen-bond donors (Lipinski definition) is 1. The molecule has 1 amide bonds. The van der Waals surface area contributed by atoms with E-state index in [2.05, 4.69) is 15.5 Å². The molecule has 0 saturated heterocycles. The van der Waals surface area contributed by atoms with E-state index in [1.165, 1.54) is 42.4 Å². The molecule has 1 N–H and O–H groups in total. The van der Waals surface area contributed by atoms with Crippen LogP contribution in [0, 0.1) is 13.8 Å². The summed E-state index contributed by atoms with van der Waals surface area (Å²) in [5.74, 6) is 1.11. The summed E-state index contributed by atoms with van der Waals surface area (Å²) in [5.41, 5.74) is 1.30. The van der Waals surface area contributed by atoms with Gasteiger partial charge in [-0.15, -0.1) is 21.5 Å². The molecule has 0 bridgehead atoms. The SMILES string of the molecule is CCOC(=O)c1c(NC(=O)CSc2nnc(C3CCCCC3)n2C)sc(C)c1C. The number of nitrogens with one attached hydrogen (secondary N) is 1. The first-order valence-electron chi connectivity index (χ1n) is 10.0. The number of anilines is 1. The Morgan fingerprint density at radius 2 is 1.97 bits per heavy atom. The maximum atomic E-state index is 12.5. The van der Waals surface area contributed by atoms with Gasteiger partial charge in [0.1, 0.15) is 10.8 Å². The summed E-state index contributed by atoms with van der Waals surface area (Å²) in [6.45, 7) is 5.87. The minimum absolute atomic E-state index is 0.177. The zero-order chi connectivity index (χ0) is 21.0. The molecule has 9 heteroatoms. The molecule has 2 heterocycles. The molecule has 3 rings (SSSR count). The second kappa shape index (κ2) is 9.75. The van der Waals surface area contributed by atoms with E-state index < -0.39 is 5.97 Å². The summed E-state index contributed by atoms with van der Waals surface area (Å²) in [5, 5.41) is 12.8. The third-order valence-electron chi connectivity index (χ3n) is 5.29. The first-order valence-corrected chi connectivity index (χ1v) is 11.8. The molecule has 158 valence electrons. The zero-order valence-corrected chi connectivity index (χ0v) is 19.0. The van der Waals surface area contributed by atoms with Crippen LogP contribution in [-0.4, -0.2) is 39.0 Å². The Kier molecular flexibility index (Phi) is 7.34. The number of hydrogen-bond acceptors (Lipinski definition) is 7. The number of thiophene rings is 1. The highest BCUT2D eigenvalue weighted by Crippen LogP contribution is 2.34. The molecule has 0 atom stereocenters. The first-order chi connectivity index (χ1) is 13.9. The van der Waals surface area contributed by atoms with Crippen LogP contribution < -0.4 is 5.32 Å². The summed E-state index contributed by atoms with van der Waals surface area (Å²) in [6, 6.07) is 0. The second-order valence-electron chi connectivity index (χ2n) is 7.28. The van der Waals surface area contributed by atoms with E-state index in [4.69, 9.17) is 4.74 Å². The van der Waals surface area contributed by atoms with Crippen LogP contribution in [0.5, 0.6) is 0 Å². The number of rotatable bonds is 7. The van der Waals surface area contributed by atoms with Crippen molar-refractivity contribution in [3.05, 3.63) is 21.8 Å². The summed E-state index contributed by atoms with van der Waals surface area (Å²) in [7, 11) is 1.97. The quantitative estimate of drug-likeness (QED) is 0.510. The van der Waals surface area contributed by atoms with Gasteiger partial charge in [0.05, 0.1) is 17.9 Å². The lowest BCUT2D eigenvalue weighted by Gasteiger charge is -2.20. The number of aromatic nitrogens is 3. The highest BCUT2D eigenvalue weighted by atomic mass is 32.2. The third-order valence-corrected chi connectivity index (χ3v) is 7.43. The molecule has 1 fully saturated rings. The molecule has 2 aromatic rings. The van der Waals surface area contributed by atoms with E-state index in [0.29, 0.717) is 23.1 Å². The number of amides is 1. The van der Waals surface area contributed by atoms with E-state index in [1.807, 2.05) is 25.5 Å². The van der Waals surface area contributed by atoms with Gasteiger partial charge >= 0.3 is 5.97 Å². The molecule has 0 unspecified atom stereocenters.